The molecule has 5 aromatic rings. The van der Waals surface area contributed by atoms with Gasteiger partial charge in [0.1, 0.15) is 10.6 Å². The summed E-state index contributed by atoms with van der Waals surface area (Å²) >= 11 is 2.99. The highest BCUT2D eigenvalue weighted by molar-refractivity contribution is 7.98. The lowest BCUT2D eigenvalue weighted by molar-refractivity contribution is 0.414. The van der Waals surface area contributed by atoms with Crippen LogP contribution in [0.5, 0.6) is 5.75 Å². The molecule has 0 aliphatic rings. The van der Waals surface area contributed by atoms with E-state index in [1.807, 2.05) is 19.1 Å². The molecule has 8 heteroatoms. The molecular weight excluding hydrogens is 426 g/mol. The zero-order valence-electron chi connectivity index (χ0n) is 17.0. The maximum absolute atomic E-state index is 5.26. The molecule has 6 nitrogen and oxygen atoms in total. The van der Waals surface area contributed by atoms with Crippen LogP contribution in [-0.4, -0.2) is 31.5 Å². The first-order valence-corrected chi connectivity index (χ1v) is 11.5. The zero-order chi connectivity index (χ0) is 21.2. The first-order valence-electron chi connectivity index (χ1n) is 9.72. The number of thioether (sulfide) groups is 1. The van der Waals surface area contributed by atoms with Crippen molar-refractivity contribution < 1.29 is 4.74 Å². The second-order valence-electron chi connectivity index (χ2n) is 7.00. The highest BCUT2D eigenvalue weighted by atomic mass is 32.2. The van der Waals surface area contributed by atoms with Crippen LogP contribution >= 0.6 is 23.3 Å². The van der Waals surface area contributed by atoms with Crippen LogP contribution in [0.15, 0.2) is 71.9 Å². The quantitative estimate of drug-likeness (QED) is 0.319. The minimum absolute atomic E-state index is 0.764. The van der Waals surface area contributed by atoms with Crippen molar-refractivity contribution in [2.75, 3.05) is 7.11 Å². The van der Waals surface area contributed by atoms with E-state index in [4.69, 9.17) is 4.74 Å². The number of ether oxygens (including phenoxy) is 1. The Hall–Kier alpha value is -3.23. The SMILES string of the molecule is COc1ccc(CSc2nnc(-c3snnc3C)n2-c2ccc3ccccc3c2)cc1. The van der Waals surface area contributed by atoms with Crippen molar-refractivity contribution in [3.8, 4) is 22.1 Å². The van der Waals surface area contributed by atoms with Crippen LogP contribution in [0, 0.1) is 6.92 Å². The molecule has 0 N–H and O–H groups in total. The average Bonchev–Trinajstić information content (AvgIpc) is 3.43. The van der Waals surface area contributed by atoms with Gasteiger partial charge in [0.25, 0.3) is 0 Å². The van der Waals surface area contributed by atoms with E-state index in [0.29, 0.717) is 0 Å². The normalized spacial score (nSPS) is 11.2. The monoisotopic (exact) mass is 445 g/mol. The molecule has 0 saturated heterocycles. The Bertz CT molecular complexity index is 1340. The van der Waals surface area contributed by atoms with Gasteiger partial charge in [-0.1, -0.05) is 58.7 Å². The number of nitrogens with zero attached hydrogens (tertiary/aromatic N) is 5. The van der Waals surface area contributed by atoms with Gasteiger partial charge in [0.05, 0.1) is 18.5 Å². The largest absolute Gasteiger partial charge is 0.497 e. The molecule has 0 atom stereocenters. The number of hydrogen-bond donors (Lipinski definition) is 0. The molecule has 0 saturated carbocycles. The summed E-state index contributed by atoms with van der Waals surface area (Å²) < 4.78 is 11.4. The van der Waals surface area contributed by atoms with Crippen molar-refractivity contribution in [2.45, 2.75) is 17.8 Å². The lowest BCUT2D eigenvalue weighted by Gasteiger charge is -2.11. The molecule has 0 aliphatic heterocycles. The van der Waals surface area contributed by atoms with Crippen molar-refractivity contribution in [3.05, 3.63) is 78.0 Å². The van der Waals surface area contributed by atoms with Gasteiger partial charge in [-0.05, 0) is 59.1 Å². The molecule has 5 rings (SSSR count). The fourth-order valence-electron chi connectivity index (χ4n) is 3.37. The molecule has 3 aromatic carbocycles. The highest BCUT2D eigenvalue weighted by Gasteiger charge is 2.20. The van der Waals surface area contributed by atoms with Crippen LogP contribution in [0.25, 0.3) is 27.2 Å². The summed E-state index contributed by atoms with van der Waals surface area (Å²) in [6.07, 6.45) is 0. The summed E-state index contributed by atoms with van der Waals surface area (Å²) in [4.78, 5) is 0.928. The number of benzene rings is 3. The van der Waals surface area contributed by atoms with Crippen molar-refractivity contribution in [3.63, 3.8) is 0 Å². The van der Waals surface area contributed by atoms with E-state index in [1.165, 1.54) is 27.9 Å². The Kier molecular flexibility index (Phi) is 5.40. The van der Waals surface area contributed by atoms with Gasteiger partial charge in [-0.25, -0.2) is 0 Å². The van der Waals surface area contributed by atoms with E-state index in [2.05, 4.69) is 78.9 Å². The maximum Gasteiger partial charge on any atom is 0.196 e. The van der Waals surface area contributed by atoms with Crippen molar-refractivity contribution in [2.24, 2.45) is 0 Å². The molecule has 0 unspecified atom stereocenters. The average molecular weight is 446 g/mol. The van der Waals surface area contributed by atoms with Crippen LogP contribution in [0.3, 0.4) is 0 Å². The number of aryl methyl sites for hydroxylation is 1. The molecule has 31 heavy (non-hydrogen) atoms. The lowest BCUT2D eigenvalue weighted by Crippen LogP contribution is -2.00. The standard InChI is InChI=1S/C23H19N5OS2/c1-15-21(31-27-24-15)22-25-26-23(30-14-16-7-11-20(29-2)12-8-16)28(22)19-10-9-17-5-3-4-6-18(17)13-19/h3-13H,14H2,1-2H3. The second kappa shape index (κ2) is 8.49. The van der Waals surface area contributed by atoms with Gasteiger partial charge in [-0.2, -0.15) is 0 Å². The molecule has 0 amide bonds. The number of hydrogen-bond acceptors (Lipinski definition) is 7. The molecule has 2 heterocycles. The summed E-state index contributed by atoms with van der Waals surface area (Å²) in [7, 11) is 1.67. The first kappa shape index (κ1) is 19.7. The third-order valence-electron chi connectivity index (χ3n) is 5.01. The Balaban J connectivity index is 1.56. The minimum Gasteiger partial charge on any atom is -0.497 e. The van der Waals surface area contributed by atoms with Crippen LogP contribution in [-0.2, 0) is 5.75 Å². The molecule has 154 valence electrons. The van der Waals surface area contributed by atoms with Crippen molar-refractivity contribution in [1.29, 1.82) is 0 Å². The van der Waals surface area contributed by atoms with Crippen LogP contribution in [0.2, 0.25) is 0 Å². The van der Waals surface area contributed by atoms with Gasteiger partial charge >= 0.3 is 0 Å². The summed E-state index contributed by atoms with van der Waals surface area (Å²) in [5.74, 6) is 2.39. The van der Waals surface area contributed by atoms with Gasteiger partial charge in [-0.15, -0.1) is 15.3 Å². The zero-order valence-corrected chi connectivity index (χ0v) is 18.7. The van der Waals surface area contributed by atoms with Gasteiger partial charge in [0.2, 0.25) is 0 Å². The number of methoxy groups -OCH3 is 1. The Morgan fingerprint density at radius 2 is 1.74 bits per heavy atom. The smallest absolute Gasteiger partial charge is 0.196 e. The topological polar surface area (TPSA) is 65.7 Å². The van der Waals surface area contributed by atoms with Crippen LogP contribution in [0.4, 0.5) is 0 Å². The molecule has 2 aromatic heterocycles. The molecule has 0 aliphatic carbocycles. The van der Waals surface area contributed by atoms with Crippen molar-refractivity contribution in [1.82, 2.24) is 24.4 Å². The van der Waals surface area contributed by atoms with Gasteiger partial charge in [0, 0.05) is 5.75 Å². The Morgan fingerprint density at radius 3 is 2.48 bits per heavy atom. The third kappa shape index (κ3) is 3.92. The van der Waals surface area contributed by atoms with E-state index in [1.54, 1.807) is 18.9 Å². The van der Waals surface area contributed by atoms with Gasteiger partial charge < -0.3 is 4.74 Å². The summed E-state index contributed by atoms with van der Waals surface area (Å²) in [6, 6.07) is 22.8. The van der Waals surface area contributed by atoms with E-state index >= 15 is 0 Å². The summed E-state index contributed by atoms with van der Waals surface area (Å²) in [5.41, 5.74) is 3.06. The molecular formula is C23H19N5OS2. The second-order valence-corrected chi connectivity index (χ2v) is 8.69. The van der Waals surface area contributed by atoms with E-state index in [0.717, 1.165) is 38.7 Å². The van der Waals surface area contributed by atoms with E-state index in [9.17, 15) is 0 Å². The third-order valence-corrected chi connectivity index (χ3v) is 6.83. The number of fused-ring (bicyclic) bond motifs is 1. The maximum atomic E-state index is 5.26. The van der Waals surface area contributed by atoms with E-state index in [-0.39, 0.29) is 0 Å². The highest BCUT2D eigenvalue weighted by Crippen LogP contribution is 2.33. The van der Waals surface area contributed by atoms with Gasteiger partial charge in [0.15, 0.2) is 11.0 Å². The lowest BCUT2D eigenvalue weighted by atomic mass is 10.1. The number of aromatic nitrogens is 5. The Morgan fingerprint density at radius 1 is 0.935 bits per heavy atom. The molecule has 0 bridgehead atoms. The molecule has 0 fully saturated rings. The van der Waals surface area contributed by atoms with Crippen LogP contribution < -0.4 is 4.74 Å². The fraction of sp³-hybridized carbons (Fsp3) is 0.130. The minimum atomic E-state index is 0.764. The number of rotatable bonds is 6. The molecule has 0 spiro atoms. The first-order chi connectivity index (χ1) is 15.2. The Labute approximate surface area is 188 Å². The summed E-state index contributed by atoms with van der Waals surface area (Å²) in [5, 5.41) is 16.4. The van der Waals surface area contributed by atoms with Crippen molar-refractivity contribution >= 4 is 34.1 Å². The molecule has 0 radical (unpaired) electrons. The predicted octanol–water partition coefficient (Wildman–Crippen LogP) is 5.55. The summed E-state index contributed by atoms with van der Waals surface area (Å²) in [6.45, 7) is 1.95. The van der Waals surface area contributed by atoms with Crippen LogP contribution in [0.1, 0.15) is 11.3 Å². The van der Waals surface area contributed by atoms with Gasteiger partial charge in [-0.3, -0.25) is 4.57 Å². The van der Waals surface area contributed by atoms with E-state index < -0.39 is 0 Å². The predicted molar refractivity (Wildman–Crippen MR) is 125 cm³/mol. The fourth-order valence-corrected chi connectivity index (χ4v) is 4.90.